The highest BCUT2D eigenvalue weighted by atomic mass is 19.3. The van der Waals surface area contributed by atoms with Gasteiger partial charge in [0.1, 0.15) is 11.6 Å². The van der Waals surface area contributed by atoms with E-state index in [2.05, 4.69) is 20.5 Å². The van der Waals surface area contributed by atoms with Gasteiger partial charge in [-0.3, -0.25) is 0 Å². The van der Waals surface area contributed by atoms with Crippen molar-refractivity contribution in [3.63, 3.8) is 0 Å². The first-order chi connectivity index (χ1) is 8.55. The summed E-state index contributed by atoms with van der Waals surface area (Å²) in [6, 6.07) is 0. The lowest BCUT2D eigenvalue weighted by molar-refractivity contribution is -0.0884. The van der Waals surface area contributed by atoms with Crippen molar-refractivity contribution in [3.05, 3.63) is 11.6 Å². The summed E-state index contributed by atoms with van der Waals surface area (Å²) in [7, 11) is 0. The van der Waals surface area contributed by atoms with Crippen LogP contribution in [0.4, 0.5) is 8.78 Å². The summed E-state index contributed by atoms with van der Waals surface area (Å²) in [6.07, 6.45) is 2.13. The third kappa shape index (κ3) is 1.51. The molecule has 98 valence electrons. The highest BCUT2D eigenvalue weighted by Crippen LogP contribution is 2.53. The van der Waals surface area contributed by atoms with E-state index in [1.54, 1.807) is 0 Å². The van der Waals surface area contributed by atoms with Crippen LogP contribution in [0.25, 0.3) is 0 Å². The Morgan fingerprint density at radius 1 is 0.944 bits per heavy atom. The molecule has 0 amide bonds. The number of hydrogen-bond donors (Lipinski definition) is 2. The van der Waals surface area contributed by atoms with Gasteiger partial charge in [0, 0.05) is 37.8 Å². The van der Waals surface area contributed by atoms with Crippen LogP contribution in [0.5, 0.6) is 0 Å². The van der Waals surface area contributed by atoms with Gasteiger partial charge in [-0.2, -0.15) is 0 Å². The second-order valence-corrected chi connectivity index (χ2v) is 6.27. The highest BCUT2D eigenvalue weighted by molar-refractivity contribution is 5.15. The zero-order chi connectivity index (χ0) is 12.4. The van der Waals surface area contributed by atoms with E-state index < -0.39 is 5.92 Å². The number of H-pyrrole nitrogens is 1. The van der Waals surface area contributed by atoms with Crippen molar-refractivity contribution in [2.24, 2.45) is 5.41 Å². The van der Waals surface area contributed by atoms with E-state index in [1.165, 1.54) is 0 Å². The van der Waals surface area contributed by atoms with Crippen molar-refractivity contribution < 1.29 is 8.78 Å². The van der Waals surface area contributed by atoms with Gasteiger partial charge >= 0.3 is 0 Å². The molecule has 1 aromatic rings. The van der Waals surface area contributed by atoms with Crippen molar-refractivity contribution in [1.29, 1.82) is 0 Å². The molecule has 1 aromatic heterocycles. The molecular formula is C12H16F2N4. The number of nitrogens with one attached hydrogen (secondary N) is 2. The van der Waals surface area contributed by atoms with Crippen LogP contribution in [0, 0.1) is 5.41 Å². The first-order valence-electron chi connectivity index (χ1n) is 6.56. The van der Waals surface area contributed by atoms with Gasteiger partial charge in [0.15, 0.2) is 0 Å². The third-order valence-corrected chi connectivity index (χ3v) is 4.74. The molecule has 0 unspecified atom stereocenters. The Morgan fingerprint density at radius 3 is 1.94 bits per heavy atom. The van der Waals surface area contributed by atoms with Gasteiger partial charge in [0.25, 0.3) is 0 Å². The second kappa shape index (κ2) is 3.29. The number of rotatable bonds is 2. The van der Waals surface area contributed by atoms with Crippen LogP contribution in [0.15, 0.2) is 0 Å². The fraction of sp³-hybridized carbons (Fsp3) is 0.833. The Balaban J connectivity index is 1.41. The van der Waals surface area contributed by atoms with Crippen molar-refractivity contribution in [2.75, 3.05) is 13.1 Å². The van der Waals surface area contributed by atoms with E-state index in [0.717, 1.165) is 31.8 Å². The molecule has 3 fully saturated rings. The van der Waals surface area contributed by atoms with Crippen molar-refractivity contribution in [2.45, 2.75) is 43.4 Å². The van der Waals surface area contributed by atoms with Gasteiger partial charge in [0.05, 0.1) is 0 Å². The molecule has 0 radical (unpaired) electrons. The number of nitrogens with zero attached hydrogens (tertiary/aromatic N) is 2. The van der Waals surface area contributed by atoms with Gasteiger partial charge in [-0.15, -0.1) is 10.2 Å². The van der Waals surface area contributed by atoms with E-state index in [0.29, 0.717) is 17.2 Å². The molecule has 3 aliphatic rings. The summed E-state index contributed by atoms with van der Waals surface area (Å²) in [5, 5.41) is 11.5. The Kier molecular flexibility index (Phi) is 1.98. The normalized spacial score (nSPS) is 32.7. The average molecular weight is 254 g/mol. The molecule has 4 nitrogen and oxygen atoms in total. The quantitative estimate of drug-likeness (QED) is 0.846. The zero-order valence-corrected chi connectivity index (χ0v) is 10.0. The maximum atomic E-state index is 12.8. The number of alkyl halides is 2. The number of halogens is 2. The van der Waals surface area contributed by atoms with E-state index in [-0.39, 0.29) is 18.8 Å². The van der Waals surface area contributed by atoms with E-state index in [4.69, 9.17) is 0 Å². The monoisotopic (exact) mass is 254 g/mol. The van der Waals surface area contributed by atoms with Crippen LogP contribution in [-0.4, -0.2) is 34.2 Å². The first-order valence-corrected chi connectivity index (χ1v) is 6.56. The lowest BCUT2D eigenvalue weighted by Gasteiger charge is -2.53. The Morgan fingerprint density at radius 2 is 1.50 bits per heavy atom. The van der Waals surface area contributed by atoms with Gasteiger partial charge < -0.3 is 10.3 Å². The topological polar surface area (TPSA) is 53.6 Å². The fourth-order valence-electron chi connectivity index (χ4n) is 3.46. The Labute approximate surface area is 104 Å². The van der Waals surface area contributed by atoms with Crippen LogP contribution in [0.2, 0.25) is 0 Å². The smallest absolute Gasteiger partial charge is 0.249 e. The summed E-state index contributed by atoms with van der Waals surface area (Å²) in [5.41, 5.74) is 0.501. The molecule has 0 atom stereocenters. The molecule has 2 saturated carbocycles. The minimum absolute atomic E-state index is 0.0832. The van der Waals surface area contributed by atoms with Crippen LogP contribution >= 0.6 is 0 Å². The summed E-state index contributed by atoms with van der Waals surface area (Å²) in [4.78, 5) is 3.16. The van der Waals surface area contributed by atoms with Gasteiger partial charge in [-0.1, -0.05) is 0 Å². The van der Waals surface area contributed by atoms with Gasteiger partial charge in [-0.05, 0) is 18.3 Å². The van der Waals surface area contributed by atoms with Crippen LogP contribution in [0.3, 0.4) is 0 Å². The van der Waals surface area contributed by atoms with Gasteiger partial charge in [-0.25, -0.2) is 8.78 Å². The molecule has 1 saturated heterocycles. The van der Waals surface area contributed by atoms with Crippen LogP contribution < -0.4 is 5.32 Å². The predicted octanol–water partition coefficient (Wildman–Crippen LogP) is 1.78. The summed E-state index contributed by atoms with van der Waals surface area (Å²) >= 11 is 0. The van der Waals surface area contributed by atoms with E-state index in [1.807, 2.05) is 0 Å². The predicted molar refractivity (Wildman–Crippen MR) is 60.6 cm³/mol. The second-order valence-electron chi connectivity index (χ2n) is 6.27. The molecule has 2 aliphatic carbocycles. The van der Waals surface area contributed by atoms with E-state index >= 15 is 0 Å². The average Bonchev–Trinajstić information content (AvgIpc) is 2.58. The minimum atomic E-state index is -2.49. The SMILES string of the molecule is FC1(F)CC(c2nnc(C3CC4(CNC4)C3)[nH]2)C1. The maximum Gasteiger partial charge on any atom is 0.249 e. The molecule has 4 rings (SSSR count). The standard InChI is InChI=1S/C12H16F2N4/c13-12(14)3-8(4-12)10-16-9(17-18-10)7-1-11(2-7)5-15-6-11/h7-8,15H,1-6H2,(H,16,17,18). The number of aromatic amines is 1. The molecule has 6 heteroatoms. The zero-order valence-electron chi connectivity index (χ0n) is 10.0. The molecule has 2 N–H and O–H groups in total. The van der Waals surface area contributed by atoms with Gasteiger partial charge in [0.2, 0.25) is 5.92 Å². The lowest BCUT2D eigenvalue weighted by atomic mass is 9.58. The number of aromatic nitrogens is 3. The lowest BCUT2D eigenvalue weighted by Crippen LogP contribution is -2.59. The van der Waals surface area contributed by atoms with Crippen LogP contribution in [0.1, 0.15) is 49.2 Å². The largest absolute Gasteiger partial charge is 0.328 e. The summed E-state index contributed by atoms with van der Waals surface area (Å²) in [6.45, 7) is 2.22. The molecule has 18 heavy (non-hydrogen) atoms. The maximum absolute atomic E-state index is 12.8. The summed E-state index contributed by atoms with van der Waals surface area (Å²) < 4.78 is 25.6. The first kappa shape index (κ1) is 10.8. The van der Waals surface area contributed by atoms with Crippen LogP contribution in [-0.2, 0) is 0 Å². The molecule has 0 aromatic carbocycles. The molecule has 0 bridgehead atoms. The van der Waals surface area contributed by atoms with Crippen molar-refractivity contribution in [1.82, 2.24) is 20.5 Å². The minimum Gasteiger partial charge on any atom is -0.328 e. The molecule has 1 spiro atoms. The Hall–Kier alpha value is -1.04. The van der Waals surface area contributed by atoms with Crippen molar-refractivity contribution in [3.8, 4) is 0 Å². The third-order valence-electron chi connectivity index (χ3n) is 4.74. The number of hydrogen-bond acceptors (Lipinski definition) is 3. The fourth-order valence-corrected chi connectivity index (χ4v) is 3.46. The van der Waals surface area contributed by atoms with E-state index in [9.17, 15) is 8.78 Å². The highest BCUT2D eigenvalue weighted by Gasteiger charge is 2.51. The molecular weight excluding hydrogens is 238 g/mol. The Bertz CT molecular complexity index is 464. The molecule has 2 heterocycles. The summed E-state index contributed by atoms with van der Waals surface area (Å²) in [5.74, 6) is -0.605. The molecule has 1 aliphatic heterocycles. The van der Waals surface area contributed by atoms with Crippen molar-refractivity contribution >= 4 is 0 Å².